The number of hydrogen-bond donors (Lipinski definition) is 2. The van der Waals surface area contributed by atoms with Gasteiger partial charge in [-0.25, -0.2) is 0 Å². The van der Waals surface area contributed by atoms with Crippen LogP contribution in [0.3, 0.4) is 0 Å². The molecule has 1 rings (SSSR count). The van der Waals surface area contributed by atoms with Gasteiger partial charge in [0.25, 0.3) is 0 Å². The van der Waals surface area contributed by atoms with Gasteiger partial charge in [-0.1, -0.05) is 18.2 Å². The van der Waals surface area contributed by atoms with Crippen LogP contribution in [0.25, 0.3) is 0 Å². The molecule has 0 aromatic heterocycles. The third-order valence-corrected chi connectivity index (χ3v) is 2.20. The van der Waals surface area contributed by atoms with E-state index in [0.717, 1.165) is 11.3 Å². The molecule has 0 heterocycles. The summed E-state index contributed by atoms with van der Waals surface area (Å²) in [6.07, 6.45) is 0.882. The SMILES string of the molecule is COc1ccccc1CC(=O)NCCCO. The van der Waals surface area contributed by atoms with E-state index in [1.54, 1.807) is 7.11 Å². The number of hydrogen-bond acceptors (Lipinski definition) is 3. The number of amides is 1. The Bertz CT molecular complexity index is 339. The molecule has 4 nitrogen and oxygen atoms in total. The number of aliphatic hydroxyl groups is 1. The molecule has 0 unspecified atom stereocenters. The smallest absolute Gasteiger partial charge is 0.224 e. The van der Waals surface area contributed by atoms with E-state index in [-0.39, 0.29) is 12.5 Å². The van der Waals surface area contributed by atoms with Crippen molar-refractivity contribution in [3.8, 4) is 5.75 Å². The maximum absolute atomic E-state index is 11.5. The van der Waals surface area contributed by atoms with Crippen LogP contribution in [0, 0.1) is 0 Å². The predicted molar refractivity (Wildman–Crippen MR) is 61.4 cm³/mol. The van der Waals surface area contributed by atoms with Gasteiger partial charge in [-0.3, -0.25) is 4.79 Å². The zero-order valence-electron chi connectivity index (χ0n) is 9.40. The number of ether oxygens (including phenoxy) is 1. The molecule has 2 N–H and O–H groups in total. The number of nitrogens with one attached hydrogen (secondary N) is 1. The van der Waals surface area contributed by atoms with Gasteiger partial charge in [0, 0.05) is 18.7 Å². The van der Waals surface area contributed by atoms with Crippen LogP contribution >= 0.6 is 0 Å². The normalized spacial score (nSPS) is 9.88. The number of carbonyl (C=O) groups excluding carboxylic acids is 1. The highest BCUT2D eigenvalue weighted by Crippen LogP contribution is 2.17. The number of carbonyl (C=O) groups is 1. The summed E-state index contributed by atoms with van der Waals surface area (Å²) >= 11 is 0. The Balaban J connectivity index is 2.49. The fourth-order valence-corrected chi connectivity index (χ4v) is 1.39. The molecule has 0 fully saturated rings. The van der Waals surface area contributed by atoms with Crippen molar-refractivity contribution in [2.24, 2.45) is 0 Å². The van der Waals surface area contributed by atoms with Crippen molar-refractivity contribution in [2.75, 3.05) is 20.3 Å². The summed E-state index contributed by atoms with van der Waals surface area (Å²) in [4.78, 5) is 11.5. The van der Waals surface area contributed by atoms with Crippen molar-refractivity contribution in [3.63, 3.8) is 0 Å². The molecule has 0 saturated heterocycles. The van der Waals surface area contributed by atoms with Crippen molar-refractivity contribution in [2.45, 2.75) is 12.8 Å². The summed E-state index contributed by atoms with van der Waals surface area (Å²) in [5.41, 5.74) is 0.867. The molecule has 0 aliphatic heterocycles. The summed E-state index contributed by atoms with van der Waals surface area (Å²) in [6.45, 7) is 0.597. The minimum atomic E-state index is -0.0575. The first kappa shape index (κ1) is 12.5. The lowest BCUT2D eigenvalue weighted by Gasteiger charge is -2.08. The van der Waals surface area contributed by atoms with E-state index in [0.29, 0.717) is 19.4 Å². The molecule has 0 radical (unpaired) electrons. The maximum Gasteiger partial charge on any atom is 0.224 e. The van der Waals surface area contributed by atoms with Crippen molar-refractivity contribution >= 4 is 5.91 Å². The van der Waals surface area contributed by atoms with Crippen LogP contribution in [0.4, 0.5) is 0 Å². The van der Waals surface area contributed by atoms with Gasteiger partial charge in [0.1, 0.15) is 5.75 Å². The molecule has 4 heteroatoms. The first-order valence-electron chi connectivity index (χ1n) is 5.27. The highest BCUT2D eigenvalue weighted by molar-refractivity contribution is 5.79. The van der Waals surface area contributed by atoms with Gasteiger partial charge in [0.05, 0.1) is 13.5 Å². The van der Waals surface area contributed by atoms with Gasteiger partial charge < -0.3 is 15.2 Å². The summed E-state index contributed by atoms with van der Waals surface area (Å²) in [7, 11) is 1.59. The van der Waals surface area contributed by atoms with Crippen molar-refractivity contribution < 1.29 is 14.6 Å². The zero-order valence-corrected chi connectivity index (χ0v) is 9.40. The van der Waals surface area contributed by atoms with E-state index in [4.69, 9.17) is 9.84 Å². The quantitative estimate of drug-likeness (QED) is 0.699. The Hall–Kier alpha value is -1.55. The van der Waals surface area contributed by atoms with Crippen LogP contribution in [0.15, 0.2) is 24.3 Å². The number of rotatable bonds is 6. The van der Waals surface area contributed by atoms with E-state index in [9.17, 15) is 4.79 Å². The second kappa shape index (κ2) is 6.85. The lowest BCUT2D eigenvalue weighted by molar-refractivity contribution is -0.120. The number of aliphatic hydroxyl groups excluding tert-OH is 1. The molecule has 88 valence electrons. The second-order valence-electron chi connectivity index (χ2n) is 3.42. The number of methoxy groups -OCH3 is 1. The lowest BCUT2D eigenvalue weighted by Crippen LogP contribution is -2.26. The van der Waals surface area contributed by atoms with Crippen LogP contribution in [0.5, 0.6) is 5.75 Å². The van der Waals surface area contributed by atoms with Crippen LogP contribution in [-0.4, -0.2) is 31.3 Å². The van der Waals surface area contributed by atoms with Gasteiger partial charge in [0.2, 0.25) is 5.91 Å². The molecule has 1 aromatic carbocycles. The van der Waals surface area contributed by atoms with Crippen LogP contribution in [-0.2, 0) is 11.2 Å². The molecule has 0 spiro atoms. The summed E-state index contributed by atoms with van der Waals surface area (Å²) in [6, 6.07) is 7.44. The molecule has 0 aliphatic carbocycles. The molecule has 0 bridgehead atoms. The first-order chi connectivity index (χ1) is 7.77. The van der Waals surface area contributed by atoms with Gasteiger partial charge >= 0.3 is 0 Å². The lowest BCUT2D eigenvalue weighted by atomic mass is 10.1. The van der Waals surface area contributed by atoms with E-state index < -0.39 is 0 Å². The van der Waals surface area contributed by atoms with Crippen LogP contribution < -0.4 is 10.1 Å². The van der Waals surface area contributed by atoms with Gasteiger partial charge in [-0.05, 0) is 12.5 Å². The Morgan fingerprint density at radius 3 is 2.88 bits per heavy atom. The second-order valence-corrected chi connectivity index (χ2v) is 3.42. The number of para-hydroxylation sites is 1. The Morgan fingerprint density at radius 2 is 2.19 bits per heavy atom. The zero-order chi connectivity index (χ0) is 11.8. The van der Waals surface area contributed by atoms with Gasteiger partial charge in [-0.15, -0.1) is 0 Å². The van der Waals surface area contributed by atoms with Gasteiger partial charge in [-0.2, -0.15) is 0 Å². The third kappa shape index (κ3) is 3.90. The molecule has 16 heavy (non-hydrogen) atoms. The molecule has 1 amide bonds. The molecule has 1 aromatic rings. The van der Waals surface area contributed by atoms with Crippen molar-refractivity contribution in [3.05, 3.63) is 29.8 Å². The fourth-order valence-electron chi connectivity index (χ4n) is 1.39. The van der Waals surface area contributed by atoms with Crippen molar-refractivity contribution in [1.82, 2.24) is 5.32 Å². The minimum absolute atomic E-state index is 0.0575. The van der Waals surface area contributed by atoms with E-state index in [2.05, 4.69) is 5.32 Å². The van der Waals surface area contributed by atoms with E-state index >= 15 is 0 Å². The summed E-state index contributed by atoms with van der Waals surface area (Å²) in [5, 5.41) is 11.3. The highest BCUT2D eigenvalue weighted by Gasteiger charge is 2.06. The van der Waals surface area contributed by atoms with Gasteiger partial charge in [0.15, 0.2) is 0 Å². The first-order valence-corrected chi connectivity index (χ1v) is 5.27. The third-order valence-electron chi connectivity index (χ3n) is 2.20. The molecule has 0 atom stereocenters. The average Bonchev–Trinajstić information content (AvgIpc) is 2.30. The fraction of sp³-hybridized carbons (Fsp3) is 0.417. The Kier molecular flexibility index (Phi) is 5.36. The summed E-state index contributed by atoms with van der Waals surface area (Å²) in [5.74, 6) is 0.665. The van der Waals surface area contributed by atoms with Crippen molar-refractivity contribution in [1.29, 1.82) is 0 Å². The van der Waals surface area contributed by atoms with Crippen LogP contribution in [0.1, 0.15) is 12.0 Å². The highest BCUT2D eigenvalue weighted by atomic mass is 16.5. The molecule has 0 saturated carbocycles. The van der Waals surface area contributed by atoms with Crippen LogP contribution in [0.2, 0.25) is 0 Å². The Morgan fingerprint density at radius 1 is 1.44 bits per heavy atom. The standard InChI is InChI=1S/C12H17NO3/c1-16-11-6-3-2-5-10(11)9-12(15)13-7-4-8-14/h2-3,5-6,14H,4,7-9H2,1H3,(H,13,15). The maximum atomic E-state index is 11.5. The topological polar surface area (TPSA) is 58.6 Å². The monoisotopic (exact) mass is 223 g/mol. The van der Waals surface area contributed by atoms with E-state index in [1.807, 2.05) is 24.3 Å². The Labute approximate surface area is 95.2 Å². The molecule has 0 aliphatic rings. The average molecular weight is 223 g/mol. The number of benzene rings is 1. The molecular formula is C12H17NO3. The minimum Gasteiger partial charge on any atom is -0.496 e. The molecular weight excluding hydrogens is 206 g/mol. The predicted octanol–water partition coefficient (Wildman–Crippen LogP) is 0.736. The summed E-state index contributed by atoms with van der Waals surface area (Å²) < 4.78 is 5.15. The van der Waals surface area contributed by atoms with E-state index in [1.165, 1.54) is 0 Å². The largest absolute Gasteiger partial charge is 0.496 e.